The van der Waals surface area contributed by atoms with Crippen molar-refractivity contribution in [2.75, 3.05) is 13.2 Å². The van der Waals surface area contributed by atoms with Gasteiger partial charge in [0, 0.05) is 6.54 Å². The van der Waals surface area contributed by atoms with Gasteiger partial charge in [0.2, 0.25) is 0 Å². The molecule has 1 aromatic rings. The van der Waals surface area contributed by atoms with E-state index in [2.05, 4.69) is 9.46 Å². The lowest BCUT2D eigenvalue weighted by molar-refractivity contribution is 0.0695. The number of benzene rings is 1. The summed E-state index contributed by atoms with van der Waals surface area (Å²) in [6.45, 7) is 1.54. The van der Waals surface area contributed by atoms with E-state index in [0.717, 1.165) is 0 Å². The maximum atomic E-state index is 11.5. The van der Waals surface area contributed by atoms with Crippen LogP contribution in [-0.4, -0.2) is 38.7 Å². The van der Waals surface area contributed by atoms with Gasteiger partial charge in [0.25, 0.3) is 0 Å². The molecule has 1 aromatic carbocycles. The monoisotopic (exact) mass is 316 g/mol. The van der Waals surface area contributed by atoms with Gasteiger partial charge in [-0.15, -0.1) is 0 Å². The fourth-order valence-electron chi connectivity index (χ4n) is 1.57. The summed E-state index contributed by atoms with van der Waals surface area (Å²) in [5.74, 6) is -1.09. The van der Waals surface area contributed by atoms with Crippen LogP contribution in [0.25, 0.3) is 0 Å². The summed E-state index contributed by atoms with van der Waals surface area (Å²) in [6.07, 6.45) is -0.900. The molecule has 0 fully saturated rings. The van der Waals surface area contributed by atoms with E-state index < -0.39 is 22.3 Å². The van der Waals surface area contributed by atoms with Crippen LogP contribution in [0.15, 0.2) is 24.3 Å². The van der Waals surface area contributed by atoms with Gasteiger partial charge in [-0.1, -0.05) is 18.2 Å². The van der Waals surface area contributed by atoms with E-state index in [1.807, 2.05) is 0 Å². The van der Waals surface area contributed by atoms with Crippen molar-refractivity contribution in [1.29, 1.82) is 0 Å². The molecule has 9 heteroatoms. The van der Waals surface area contributed by atoms with E-state index in [-0.39, 0.29) is 25.1 Å². The molecule has 0 heterocycles. The lowest BCUT2D eigenvalue weighted by atomic mass is 10.1. The lowest BCUT2D eigenvalue weighted by Crippen LogP contribution is -2.41. The Labute approximate surface area is 122 Å². The summed E-state index contributed by atoms with van der Waals surface area (Å²) < 4.78 is 31.2. The van der Waals surface area contributed by atoms with Crippen LogP contribution in [0.1, 0.15) is 22.8 Å². The predicted octanol–water partition coefficient (Wildman–Crippen LogP) is 0.508. The molecule has 8 nitrogen and oxygen atoms in total. The van der Waals surface area contributed by atoms with Crippen LogP contribution < -0.4 is 9.44 Å². The van der Waals surface area contributed by atoms with Crippen LogP contribution in [0.2, 0.25) is 0 Å². The van der Waals surface area contributed by atoms with Crippen molar-refractivity contribution >= 4 is 22.3 Å². The predicted molar refractivity (Wildman–Crippen MR) is 74.2 cm³/mol. The first-order chi connectivity index (χ1) is 9.85. The molecule has 3 N–H and O–H groups in total. The zero-order valence-electron chi connectivity index (χ0n) is 11.3. The standard InChI is InChI=1S/C12H16N2O6S/c1-2-20-12(17)14-21(18,19)13-8-7-9-5-3-4-6-10(9)11(15)16/h3-6,13H,2,7-8H2,1H3,(H,14,17)(H,15,16). The zero-order valence-corrected chi connectivity index (χ0v) is 12.1. The first kappa shape index (κ1) is 16.9. The molecule has 0 bridgehead atoms. The Morgan fingerprint density at radius 2 is 1.95 bits per heavy atom. The van der Waals surface area contributed by atoms with Gasteiger partial charge in [0.1, 0.15) is 0 Å². The second-order valence-corrected chi connectivity index (χ2v) is 5.43. The fraction of sp³-hybridized carbons (Fsp3) is 0.333. The Kier molecular flexibility index (Phi) is 6.12. The summed E-state index contributed by atoms with van der Waals surface area (Å²) in [6, 6.07) is 6.27. The molecule has 0 spiro atoms. The van der Waals surface area contributed by atoms with Crippen molar-refractivity contribution in [1.82, 2.24) is 9.44 Å². The van der Waals surface area contributed by atoms with Crippen molar-refractivity contribution in [2.45, 2.75) is 13.3 Å². The third-order valence-corrected chi connectivity index (χ3v) is 3.45. The number of hydrogen-bond donors (Lipinski definition) is 3. The van der Waals surface area contributed by atoms with Crippen LogP contribution in [0.4, 0.5) is 4.79 Å². The number of ether oxygens (including phenoxy) is 1. The van der Waals surface area contributed by atoms with E-state index in [1.165, 1.54) is 6.07 Å². The van der Waals surface area contributed by atoms with Gasteiger partial charge in [-0.2, -0.15) is 13.1 Å². The summed E-state index contributed by atoms with van der Waals surface area (Å²) >= 11 is 0. The van der Waals surface area contributed by atoms with Crippen LogP contribution in [0, 0.1) is 0 Å². The van der Waals surface area contributed by atoms with Crippen molar-refractivity contribution in [2.24, 2.45) is 0 Å². The number of nitrogens with one attached hydrogen (secondary N) is 2. The van der Waals surface area contributed by atoms with Gasteiger partial charge >= 0.3 is 22.3 Å². The molecule has 0 aliphatic carbocycles. The van der Waals surface area contributed by atoms with Crippen LogP contribution in [0.3, 0.4) is 0 Å². The molecule has 0 aliphatic rings. The zero-order chi connectivity index (χ0) is 15.9. The number of amides is 1. The maximum Gasteiger partial charge on any atom is 0.421 e. The quantitative estimate of drug-likeness (QED) is 0.673. The summed E-state index contributed by atoms with van der Waals surface area (Å²) in [4.78, 5) is 22.0. The Bertz CT molecular complexity index is 614. The number of carboxylic acids is 1. The molecule has 0 atom stereocenters. The molecule has 1 amide bonds. The average Bonchev–Trinajstić information content (AvgIpc) is 2.38. The molecule has 0 aliphatic heterocycles. The first-order valence-electron chi connectivity index (χ1n) is 6.11. The molecule has 1 rings (SSSR count). The molecule has 0 unspecified atom stereocenters. The highest BCUT2D eigenvalue weighted by atomic mass is 32.2. The number of rotatable bonds is 7. The van der Waals surface area contributed by atoms with Gasteiger partial charge in [0.15, 0.2) is 0 Å². The molecule has 0 saturated heterocycles. The van der Waals surface area contributed by atoms with Gasteiger partial charge in [-0.05, 0) is 25.0 Å². The van der Waals surface area contributed by atoms with Crippen LogP contribution >= 0.6 is 0 Å². The topological polar surface area (TPSA) is 122 Å². The Morgan fingerprint density at radius 1 is 1.29 bits per heavy atom. The minimum atomic E-state index is -4.03. The molecular weight excluding hydrogens is 300 g/mol. The normalized spacial score (nSPS) is 10.9. The van der Waals surface area contributed by atoms with Crippen molar-refractivity contribution in [3.8, 4) is 0 Å². The number of carbonyl (C=O) groups excluding carboxylic acids is 1. The van der Waals surface area contributed by atoms with E-state index in [4.69, 9.17) is 5.11 Å². The van der Waals surface area contributed by atoms with Crippen molar-refractivity contribution in [3.05, 3.63) is 35.4 Å². The highest BCUT2D eigenvalue weighted by Gasteiger charge is 2.15. The first-order valence-corrected chi connectivity index (χ1v) is 7.59. The Balaban J connectivity index is 2.57. The van der Waals surface area contributed by atoms with E-state index >= 15 is 0 Å². The Morgan fingerprint density at radius 3 is 2.57 bits per heavy atom. The smallest absolute Gasteiger partial charge is 0.421 e. The van der Waals surface area contributed by atoms with E-state index in [9.17, 15) is 18.0 Å². The molecule has 116 valence electrons. The second kappa shape index (κ2) is 7.60. The van der Waals surface area contributed by atoms with E-state index in [1.54, 1.807) is 29.8 Å². The van der Waals surface area contributed by atoms with Crippen LogP contribution in [0.5, 0.6) is 0 Å². The van der Waals surface area contributed by atoms with Gasteiger partial charge in [-0.25, -0.2) is 14.3 Å². The second-order valence-electron chi connectivity index (χ2n) is 3.93. The largest absolute Gasteiger partial charge is 0.478 e. The summed E-state index contributed by atoms with van der Waals surface area (Å²) in [7, 11) is -4.03. The highest BCUT2D eigenvalue weighted by molar-refractivity contribution is 7.88. The molecule has 21 heavy (non-hydrogen) atoms. The number of aromatic carboxylic acids is 1. The fourth-order valence-corrected chi connectivity index (χ4v) is 2.29. The minimum absolute atomic E-state index is 0.0489. The Hall–Kier alpha value is -2.13. The molecular formula is C12H16N2O6S. The van der Waals surface area contributed by atoms with Gasteiger partial charge < -0.3 is 9.84 Å². The lowest BCUT2D eigenvalue weighted by Gasteiger charge is -2.09. The summed E-state index contributed by atoms with van der Waals surface area (Å²) in [5, 5.41) is 8.99. The van der Waals surface area contributed by atoms with Crippen LogP contribution in [-0.2, 0) is 21.4 Å². The molecule has 0 aromatic heterocycles. The molecule has 0 saturated carbocycles. The molecule has 0 radical (unpaired) electrons. The number of hydrogen-bond acceptors (Lipinski definition) is 5. The number of carbonyl (C=O) groups is 2. The summed E-state index contributed by atoms with van der Waals surface area (Å²) in [5.41, 5.74) is 0.596. The minimum Gasteiger partial charge on any atom is -0.478 e. The SMILES string of the molecule is CCOC(=O)NS(=O)(=O)NCCc1ccccc1C(=O)O. The van der Waals surface area contributed by atoms with Crippen molar-refractivity contribution in [3.63, 3.8) is 0 Å². The number of carboxylic acid groups (broad SMARTS) is 1. The van der Waals surface area contributed by atoms with E-state index in [0.29, 0.717) is 5.56 Å². The van der Waals surface area contributed by atoms with Gasteiger partial charge in [-0.3, -0.25) is 0 Å². The average molecular weight is 316 g/mol. The van der Waals surface area contributed by atoms with Crippen molar-refractivity contribution < 1.29 is 27.9 Å². The third-order valence-electron chi connectivity index (χ3n) is 2.43. The van der Waals surface area contributed by atoms with Gasteiger partial charge in [0.05, 0.1) is 12.2 Å². The third kappa shape index (κ3) is 5.79. The highest BCUT2D eigenvalue weighted by Crippen LogP contribution is 2.09. The maximum absolute atomic E-state index is 11.5.